The lowest BCUT2D eigenvalue weighted by molar-refractivity contribution is -0.145. The van der Waals surface area contributed by atoms with E-state index >= 15 is 0 Å². The number of aromatic hydroxyl groups is 1. The van der Waals surface area contributed by atoms with Crippen molar-refractivity contribution < 1.29 is 54.0 Å². The van der Waals surface area contributed by atoms with E-state index in [2.05, 4.69) is 36.9 Å². The lowest BCUT2D eigenvalue weighted by atomic mass is 10.0. The summed E-state index contributed by atoms with van der Waals surface area (Å²) in [6, 6.07) is 4.69. The average molecular weight is 887 g/mol. The maximum Gasteiger partial charge on any atom is 0.328 e. The first kappa shape index (κ1) is 48.3. The topological polar surface area (TPSA) is 314 Å². The van der Waals surface area contributed by atoms with Crippen LogP contribution in [0.5, 0.6) is 5.75 Å². The molecular weight excluding hydrogens is 833 g/mol. The molecule has 0 spiro atoms. The summed E-state index contributed by atoms with van der Waals surface area (Å²) in [4.78, 5) is 97.9. The van der Waals surface area contributed by atoms with E-state index in [1.807, 2.05) is 24.3 Å². The molecule has 1 fully saturated rings. The van der Waals surface area contributed by atoms with Gasteiger partial charge in [-0.05, 0) is 69.0 Å². The number of carboxylic acids is 1. The number of phenolic OH excluding ortho intramolecular Hbond substituents is 1. The summed E-state index contributed by atoms with van der Waals surface area (Å²) in [6.45, 7) is 2.66. The van der Waals surface area contributed by atoms with Crippen LogP contribution >= 0.6 is 21.6 Å². The molecule has 0 aliphatic carbocycles. The number of nitrogens with two attached hydrogens (primary N) is 1. The molecule has 1 saturated heterocycles. The van der Waals surface area contributed by atoms with Crippen LogP contribution in [0.4, 0.5) is 0 Å². The van der Waals surface area contributed by atoms with Gasteiger partial charge in [0.1, 0.15) is 36.0 Å². The number of amides is 6. The number of aliphatic carboxylic acids is 1. The van der Waals surface area contributed by atoms with Crippen LogP contribution in [-0.4, -0.2) is 133 Å². The van der Waals surface area contributed by atoms with Gasteiger partial charge >= 0.3 is 5.97 Å². The second kappa shape index (κ2) is 23.6. The van der Waals surface area contributed by atoms with Crippen molar-refractivity contribution in [3.8, 4) is 5.75 Å². The third-order valence-electron chi connectivity index (χ3n) is 9.81. The quantitative estimate of drug-likeness (QED) is 0.0749. The predicted molar refractivity (Wildman–Crippen MR) is 229 cm³/mol. The molecule has 3 aromatic rings. The monoisotopic (exact) mass is 886 g/mol. The zero-order chi connectivity index (χ0) is 44.6. The van der Waals surface area contributed by atoms with Crippen LogP contribution in [0.1, 0.15) is 50.7 Å². The molecule has 13 N–H and O–H groups in total. The standard InChI is InChI=1S/C40H54N8O11S2/c1-21(49)33-39(57)46-31(38(56)48-34(22(2)50)40(58)59)20-61-60-16-14-32(52)43-29(17-23-10-12-25(51)13-11-23)36(54)45-30(18-24-19-42-27-8-4-3-7-26(24)27)37(55)44-28(35(53)47-33)9-5-6-15-41/h3-4,7-8,10-13,19,21-22,28-31,33-34,42,49-51H,5-6,9,14-18,20,41H2,1-2H3,(H,43,52)(H,44,55)(H,45,54)(H,46,57)(H,47,53)(H,48,56)(H,58,59)/t21-,22-,28+,29+,30-,31+,33+,34+/m1/s1. The van der Waals surface area contributed by atoms with Crippen molar-refractivity contribution in [3.63, 3.8) is 0 Å². The third kappa shape index (κ3) is 14.7. The number of rotatable bonds is 13. The van der Waals surface area contributed by atoms with Crippen LogP contribution in [0.2, 0.25) is 0 Å². The average Bonchev–Trinajstić information content (AvgIpc) is 3.62. The van der Waals surface area contributed by atoms with E-state index in [0.717, 1.165) is 39.4 Å². The SMILES string of the molecule is C[C@@H](O)[C@H](NC(=O)[C@@H]1CSSCCC(=O)N[C@@H](Cc2ccc(O)cc2)C(=O)N[C@H](Cc2c[nH]c3ccccc23)C(=O)N[C@@H](CCCCN)C(=O)N[C@@H]([C@@H](C)O)C(=O)N1)C(=O)O. The van der Waals surface area contributed by atoms with Crippen molar-refractivity contribution in [1.29, 1.82) is 0 Å². The predicted octanol–water partition coefficient (Wildman–Crippen LogP) is -0.672. The maximum absolute atomic E-state index is 14.3. The number of aromatic nitrogens is 1. The summed E-state index contributed by atoms with van der Waals surface area (Å²) < 4.78 is 0. The normalized spacial score (nSPS) is 23.0. The number of carbonyl (C=O) groups is 7. The Labute approximate surface area is 359 Å². The zero-order valence-electron chi connectivity index (χ0n) is 33.7. The molecule has 0 bridgehead atoms. The third-order valence-corrected chi connectivity index (χ3v) is 12.2. The van der Waals surface area contributed by atoms with Crippen molar-refractivity contribution in [2.24, 2.45) is 5.73 Å². The number of fused-ring (bicyclic) bond motifs is 1. The molecule has 332 valence electrons. The first-order chi connectivity index (χ1) is 29.1. The Hall–Kier alpha value is -5.35. The number of aliphatic hydroxyl groups is 2. The van der Waals surface area contributed by atoms with Gasteiger partial charge in [0.25, 0.3) is 0 Å². The minimum atomic E-state index is -1.73. The highest BCUT2D eigenvalue weighted by Gasteiger charge is 2.36. The fourth-order valence-corrected chi connectivity index (χ4v) is 8.59. The van der Waals surface area contributed by atoms with E-state index in [9.17, 15) is 54.0 Å². The molecule has 21 heteroatoms. The summed E-state index contributed by atoms with van der Waals surface area (Å²) in [5, 5.41) is 56.3. The summed E-state index contributed by atoms with van der Waals surface area (Å²) in [6.07, 6.45) is -0.676. The molecule has 6 amide bonds. The zero-order valence-corrected chi connectivity index (χ0v) is 35.4. The number of carboxylic acid groups (broad SMARTS) is 1. The second-order valence-corrected chi connectivity index (χ2v) is 17.3. The molecule has 0 radical (unpaired) electrons. The fourth-order valence-electron chi connectivity index (χ4n) is 6.43. The molecule has 0 saturated carbocycles. The van der Waals surface area contributed by atoms with E-state index < -0.39 is 89.9 Å². The fraction of sp³-hybridized carbons (Fsp3) is 0.475. The molecule has 1 aliphatic heterocycles. The van der Waals surface area contributed by atoms with Crippen molar-refractivity contribution in [1.82, 2.24) is 36.9 Å². The Morgan fingerprint density at radius 1 is 0.820 bits per heavy atom. The van der Waals surface area contributed by atoms with Crippen LogP contribution in [0.3, 0.4) is 0 Å². The molecule has 2 heterocycles. The number of nitrogens with one attached hydrogen (secondary N) is 7. The Morgan fingerprint density at radius 3 is 2.13 bits per heavy atom. The number of hydrogen-bond acceptors (Lipinski definition) is 13. The highest BCUT2D eigenvalue weighted by molar-refractivity contribution is 8.76. The van der Waals surface area contributed by atoms with Gasteiger partial charge in [-0.3, -0.25) is 28.8 Å². The van der Waals surface area contributed by atoms with Gasteiger partial charge in [-0.15, -0.1) is 0 Å². The van der Waals surface area contributed by atoms with Crippen LogP contribution < -0.4 is 37.6 Å². The van der Waals surface area contributed by atoms with Gasteiger partial charge in [-0.25, -0.2) is 4.79 Å². The van der Waals surface area contributed by atoms with Crippen molar-refractivity contribution in [3.05, 3.63) is 65.9 Å². The minimum absolute atomic E-state index is 0.00722. The molecular formula is C40H54N8O11S2. The lowest BCUT2D eigenvalue weighted by Gasteiger charge is -2.28. The Balaban J connectivity index is 1.72. The number of para-hydroxylation sites is 1. The van der Waals surface area contributed by atoms with E-state index in [1.165, 1.54) is 19.1 Å². The molecule has 0 unspecified atom stereocenters. The number of benzene rings is 2. The van der Waals surface area contributed by atoms with Gasteiger partial charge in [0.05, 0.1) is 12.2 Å². The second-order valence-electron chi connectivity index (χ2n) is 14.7. The van der Waals surface area contributed by atoms with Crippen LogP contribution in [0.15, 0.2) is 54.7 Å². The highest BCUT2D eigenvalue weighted by atomic mass is 33.1. The number of carbonyl (C=O) groups excluding carboxylic acids is 6. The molecule has 1 aliphatic rings. The van der Waals surface area contributed by atoms with Crippen LogP contribution in [0, 0.1) is 0 Å². The maximum atomic E-state index is 14.3. The van der Waals surface area contributed by atoms with Gasteiger partial charge in [-0.1, -0.05) is 51.9 Å². The molecule has 2 aromatic carbocycles. The number of aliphatic hydroxyl groups excluding tert-OH is 2. The minimum Gasteiger partial charge on any atom is -0.508 e. The molecule has 61 heavy (non-hydrogen) atoms. The highest BCUT2D eigenvalue weighted by Crippen LogP contribution is 2.24. The molecule has 19 nitrogen and oxygen atoms in total. The van der Waals surface area contributed by atoms with Crippen molar-refractivity contribution in [2.45, 2.75) is 101 Å². The van der Waals surface area contributed by atoms with Gasteiger partial charge in [0, 0.05) is 47.9 Å². The van der Waals surface area contributed by atoms with E-state index in [0.29, 0.717) is 24.0 Å². The number of hydrogen-bond donors (Lipinski definition) is 12. The molecule has 1 aromatic heterocycles. The van der Waals surface area contributed by atoms with Crippen LogP contribution in [-0.2, 0) is 46.4 Å². The largest absolute Gasteiger partial charge is 0.508 e. The van der Waals surface area contributed by atoms with Gasteiger partial charge in [0.2, 0.25) is 35.4 Å². The summed E-state index contributed by atoms with van der Waals surface area (Å²) in [7, 11) is 2.19. The molecule has 8 atom stereocenters. The summed E-state index contributed by atoms with van der Waals surface area (Å²) in [5.41, 5.74) is 7.75. The van der Waals surface area contributed by atoms with Crippen LogP contribution in [0.25, 0.3) is 10.9 Å². The van der Waals surface area contributed by atoms with Crippen molar-refractivity contribution in [2.75, 3.05) is 18.1 Å². The Bertz CT molecular complexity index is 2000. The number of phenols is 1. The Morgan fingerprint density at radius 2 is 1.48 bits per heavy atom. The number of aromatic amines is 1. The summed E-state index contributed by atoms with van der Waals surface area (Å²) >= 11 is 0. The van der Waals surface area contributed by atoms with Gasteiger partial charge < -0.3 is 63.0 Å². The van der Waals surface area contributed by atoms with Gasteiger partial charge in [-0.2, -0.15) is 0 Å². The first-order valence-electron chi connectivity index (χ1n) is 19.7. The smallest absolute Gasteiger partial charge is 0.328 e. The first-order valence-corrected chi connectivity index (χ1v) is 22.2. The number of H-pyrrole nitrogens is 1. The van der Waals surface area contributed by atoms with E-state index in [1.54, 1.807) is 18.3 Å². The van der Waals surface area contributed by atoms with E-state index in [4.69, 9.17) is 5.73 Å². The van der Waals surface area contributed by atoms with Crippen molar-refractivity contribution >= 4 is 73.9 Å². The van der Waals surface area contributed by atoms with E-state index in [-0.39, 0.29) is 49.5 Å². The lowest BCUT2D eigenvalue weighted by Crippen LogP contribution is -2.62. The number of unbranched alkanes of at least 4 members (excludes halogenated alkanes) is 1. The Kier molecular flexibility index (Phi) is 18.7. The molecule has 4 rings (SSSR count). The van der Waals surface area contributed by atoms with Gasteiger partial charge in [0.15, 0.2) is 6.04 Å². The summed E-state index contributed by atoms with van der Waals surface area (Å²) in [5.74, 6) is -6.45.